The molecule has 0 radical (unpaired) electrons. The van der Waals surface area contributed by atoms with Gasteiger partial charge in [-0.25, -0.2) is 0 Å². The van der Waals surface area contributed by atoms with Crippen LogP contribution in [0.15, 0.2) is 12.1 Å². The highest BCUT2D eigenvalue weighted by molar-refractivity contribution is 5.72. The zero-order valence-electron chi connectivity index (χ0n) is 11.7. The zero-order valence-corrected chi connectivity index (χ0v) is 11.7. The molecule has 21 heavy (non-hydrogen) atoms. The van der Waals surface area contributed by atoms with Gasteiger partial charge in [-0.1, -0.05) is 0 Å². The summed E-state index contributed by atoms with van der Waals surface area (Å²) in [5.74, 6) is -0.160. The molecule has 0 atom stereocenters. The smallest absolute Gasteiger partial charge is 0.303 e. The number of anilines is 1. The first-order chi connectivity index (χ1) is 9.96. The molecule has 1 aliphatic heterocycles. The van der Waals surface area contributed by atoms with E-state index in [4.69, 9.17) is 14.6 Å². The van der Waals surface area contributed by atoms with Crippen LogP contribution in [0, 0.1) is 16.0 Å². The molecule has 1 aliphatic rings. The van der Waals surface area contributed by atoms with E-state index >= 15 is 0 Å². The molecule has 0 bridgehead atoms. The van der Waals surface area contributed by atoms with E-state index in [0.717, 1.165) is 0 Å². The lowest BCUT2D eigenvalue weighted by atomic mass is 9.95. The van der Waals surface area contributed by atoms with Crippen molar-refractivity contribution < 1.29 is 24.3 Å². The number of hydrogen-bond acceptors (Lipinski definition) is 6. The minimum atomic E-state index is -0.860. The SMILES string of the molecule is COc1cc(N2CC(CC(=O)O)C2)c([N+](=O)[O-])cc1OC. The van der Waals surface area contributed by atoms with Gasteiger partial charge < -0.3 is 19.5 Å². The molecule has 1 heterocycles. The van der Waals surface area contributed by atoms with Crippen LogP contribution in [0.4, 0.5) is 11.4 Å². The van der Waals surface area contributed by atoms with Gasteiger partial charge in [0.05, 0.1) is 31.6 Å². The van der Waals surface area contributed by atoms with Gasteiger partial charge >= 0.3 is 5.97 Å². The number of benzene rings is 1. The average Bonchev–Trinajstić information content (AvgIpc) is 2.40. The quantitative estimate of drug-likeness (QED) is 0.627. The van der Waals surface area contributed by atoms with Gasteiger partial charge in [0.25, 0.3) is 5.69 Å². The molecule has 8 heteroatoms. The van der Waals surface area contributed by atoms with Crippen molar-refractivity contribution in [1.29, 1.82) is 0 Å². The lowest BCUT2D eigenvalue weighted by Gasteiger charge is -2.40. The van der Waals surface area contributed by atoms with E-state index in [2.05, 4.69) is 0 Å². The molecule has 1 aromatic carbocycles. The third kappa shape index (κ3) is 2.99. The number of carbonyl (C=O) groups is 1. The molecule has 0 spiro atoms. The van der Waals surface area contributed by atoms with E-state index in [1.165, 1.54) is 20.3 Å². The standard InChI is InChI=1S/C13H16N2O6/c1-20-11-4-9(10(15(18)19)5-12(11)21-2)14-6-8(7-14)3-13(16)17/h4-5,8H,3,6-7H2,1-2H3,(H,16,17). The van der Waals surface area contributed by atoms with Crippen molar-refractivity contribution in [2.75, 3.05) is 32.2 Å². The van der Waals surface area contributed by atoms with Crippen LogP contribution in [-0.4, -0.2) is 43.3 Å². The maximum absolute atomic E-state index is 11.2. The molecule has 0 saturated carbocycles. The predicted octanol–water partition coefficient (Wildman–Crippen LogP) is 1.52. The summed E-state index contributed by atoms with van der Waals surface area (Å²) in [7, 11) is 2.87. The Morgan fingerprint density at radius 3 is 2.43 bits per heavy atom. The maximum Gasteiger partial charge on any atom is 0.303 e. The Balaban J connectivity index is 2.26. The highest BCUT2D eigenvalue weighted by Gasteiger charge is 2.33. The summed E-state index contributed by atoms with van der Waals surface area (Å²) in [6.07, 6.45) is 0.0671. The molecular formula is C13H16N2O6. The molecular weight excluding hydrogens is 280 g/mol. The number of aliphatic carboxylic acids is 1. The number of nitro benzene ring substituents is 1. The summed E-state index contributed by atoms with van der Waals surface area (Å²) in [6.45, 7) is 0.950. The predicted molar refractivity (Wildman–Crippen MR) is 74.2 cm³/mol. The van der Waals surface area contributed by atoms with E-state index in [0.29, 0.717) is 24.5 Å². The number of hydrogen-bond donors (Lipinski definition) is 1. The summed E-state index contributed by atoms with van der Waals surface area (Å²) in [4.78, 5) is 23.1. The van der Waals surface area contributed by atoms with Crippen molar-refractivity contribution >= 4 is 17.3 Å². The molecule has 1 aromatic rings. The second-order valence-corrected chi connectivity index (χ2v) is 4.82. The third-order valence-electron chi connectivity index (χ3n) is 3.44. The van der Waals surface area contributed by atoms with Crippen molar-refractivity contribution in [3.05, 3.63) is 22.2 Å². The van der Waals surface area contributed by atoms with Gasteiger partial charge in [0.2, 0.25) is 0 Å². The van der Waals surface area contributed by atoms with E-state index in [9.17, 15) is 14.9 Å². The topological polar surface area (TPSA) is 102 Å². The Kier molecular flexibility index (Phi) is 4.15. The molecule has 0 unspecified atom stereocenters. The Labute approximate surface area is 121 Å². The molecule has 0 amide bonds. The van der Waals surface area contributed by atoms with Crippen LogP contribution < -0.4 is 14.4 Å². The second-order valence-electron chi connectivity index (χ2n) is 4.82. The van der Waals surface area contributed by atoms with E-state index in [1.54, 1.807) is 11.0 Å². The summed E-state index contributed by atoms with van der Waals surface area (Å²) in [6, 6.07) is 2.87. The van der Waals surface area contributed by atoms with Gasteiger partial charge in [0.1, 0.15) is 5.69 Å². The molecule has 8 nitrogen and oxygen atoms in total. The van der Waals surface area contributed by atoms with Crippen LogP contribution in [0.25, 0.3) is 0 Å². The van der Waals surface area contributed by atoms with Crippen molar-refractivity contribution in [3.63, 3.8) is 0 Å². The molecule has 1 fully saturated rings. The number of ether oxygens (including phenoxy) is 2. The highest BCUT2D eigenvalue weighted by atomic mass is 16.6. The number of carboxylic acid groups (broad SMARTS) is 1. The van der Waals surface area contributed by atoms with Crippen LogP contribution in [0.2, 0.25) is 0 Å². The Morgan fingerprint density at radius 2 is 1.95 bits per heavy atom. The molecule has 1 saturated heterocycles. The van der Waals surface area contributed by atoms with Gasteiger partial charge in [0, 0.05) is 25.1 Å². The summed E-state index contributed by atoms with van der Waals surface area (Å²) in [5, 5.41) is 19.9. The first-order valence-corrected chi connectivity index (χ1v) is 6.33. The molecule has 114 valence electrons. The van der Waals surface area contributed by atoms with Gasteiger partial charge in [-0.2, -0.15) is 0 Å². The van der Waals surface area contributed by atoms with Gasteiger partial charge in [0.15, 0.2) is 11.5 Å². The Bertz CT molecular complexity index is 568. The number of nitro groups is 1. The first kappa shape index (κ1) is 14.9. The van der Waals surface area contributed by atoms with E-state index in [-0.39, 0.29) is 23.8 Å². The highest BCUT2D eigenvalue weighted by Crippen LogP contribution is 2.41. The minimum absolute atomic E-state index is 0.00945. The monoisotopic (exact) mass is 296 g/mol. The first-order valence-electron chi connectivity index (χ1n) is 6.33. The molecule has 0 aliphatic carbocycles. The van der Waals surface area contributed by atoms with Crippen LogP contribution in [0.5, 0.6) is 11.5 Å². The Hall–Kier alpha value is -2.51. The summed E-state index contributed by atoms with van der Waals surface area (Å²) in [5.41, 5.74) is 0.334. The fraction of sp³-hybridized carbons (Fsp3) is 0.462. The van der Waals surface area contributed by atoms with Crippen molar-refractivity contribution in [1.82, 2.24) is 0 Å². The van der Waals surface area contributed by atoms with Gasteiger partial charge in [-0.15, -0.1) is 0 Å². The fourth-order valence-electron chi connectivity index (χ4n) is 2.40. The van der Waals surface area contributed by atoms with Crippen molar-refractivity contribution in [2.45, 2.75) is 6.42 Å². The average molecular weight is 296 g/mol. The van der Waals surface area contributed by atoms with E-state index in [1.807, 2.05) is 0 Å². The molecule has 1 N–H and O–H groups in total. The van der Waals surface area contributed by atoms with Crippen molar-refractivity contribution in [3.8, 4) is 11.5 Å². The minimum Gasteiger partial charge on any atom is -0.493 e. The van der Waals surface area contributed by atoms with Crippen LogP contribution >= 0.6 is 0 Å². The molecule has 2 rings (SSSR count). The number of rotatable bonds is 6. The number of carboxylic acids is 1. The van der Waals surface area contributed by atoms with Crippen molar-refractivity contribution in [2.24, 2.45) is 5.92 Å². The normalized spacial score (nSPS) is 14.5. The third-order valence-corrected chi connectivity index (χ3v) is 3.44. The van der Waals surface area contributed by atoms with Crippen LogP contribution in [0.1, 0.15) is 6.42 Å². The summed E-state index contributed by atoms with van der Waals surface area (Å²) >= 11 is 0. The number of methoxy groups -OCH3 is 2. The number of nitrogens with zero attached hydrogens (tertiary/aromatic N) is 2. The van der Waals surface area contributed by atoms with Crippen LogP contribution in [-0.2, 0) is 4.79 Å². The maximum atomic E-state index is 11.2. The summed E-state index contributed by atoms with van der Waals surface area (Å²) < 4.78 is 10.2. The zero-order chi connectivity index (χ0) is 15.6. The fourth-order valence-corrected chi connectivity index (χ4v) is 2.40. The lowest BCUT2D eigenvalue weighted by Crippen LogP contribution is -2.47. The largest absolute Gasteiger partial charge is 0.493 e. The van der Waals surface area contributed by atoms with Gasteiger partial charge in [-0.05, 0) is 0 Å². The second kappa shape index (κ2) is 5.86. The van der Waals surface area contributed by atoms with Gasteiger partial charge in [-0.3, -0.25) is 14.9 Å². The van der Waals surface area contributed by atoms with E-state index < -0.39 is 10.9 Å². The lowest BCUT2D eigenvalue weighted by molar-refractivity contribution is -0.384. The Morgan fingerprint density at radius 1 is 1.38 bits per heavy atom. The molecule has 0 aromatic heterocycles. The van der Waals surface area contributed by atoms with Crippen LogP contribution in [0.3, 0.4) is 0 Å².